The number of halogens is 3. The van der Waals surface area contributed by atoms with Crippen molar-refractivity contribution in [2.45, 2.75) is 19.1 Å². The van der Waals surface area contributed by atoms with Crippen LogP contribution in [0.25, 0.3) is 0 Å². The highest BCUT2D eigenvalue weighted by molar-refractivity contribution is 8.13. The molecule has 170 valence electrons. The summed E-state index contributed by atoms with van der Waals surface area (Å²) in [5, 5.41) is 2.97. The van der Waals surface area contributed by atoms with E-state index >= 15 is 4.39 Å². The van der Waals surface area contributed by atoms with Crippen LogP contribution in [0.2, 0.25) is 0 Å². The van der Waals surface area contributed by atoms with Crippen LogP contribution in [-0.2, 0) is 10.3 Å². The number of hydrogen-bond acceptors (Lipinski definition) is 8. The summed E-state index contributed by atoms with van der Waals surface area (Å²) < 4.78 is 49.3. The fourth-order valence-electron chi connectivity index (χ4n) is 3.97. The zero-order valence-electron chi connectivity index (χ0n) is 16.9. The molecule has 0 aliphatic carbocycles. The number of anilines is 1. The number of nitrogens with two attached hydrogens (primary N) is 1. The Hall–Kier alpha value is -2.86. The van der Waals surface area contributed by atoms with E-state index in [1.807, 2.05) is 6.92 Å². The molecule has 4 rings (SSSR count). The third-order valence-electron chi connectivity index (χ3n) is 5.48. The van der Waals surface area contributed by atoms with Crippen LogP contribution >= 0.6 is 11.8 Å². The number of alkyl halides is 2. The maximum Gasteiger partial charge on any atom is 0.388 e. The van der Waals surface area contributed by atoms with Gasteiger partial charge in [-0.2, -0.15) is 8.78 Å². The lowest BCUT2D eigenvalue weighted by Crippen LogP contribution is -2.51. The standard InChI is InChI=1S/C20H20F3N5O3S/c1-10-7-30-9-20(13(10)8-32-19(24)28-20)12-4-11(2-3-14(12)21)27-17(29)15-5-26-16(6-25-15)31-18(22)23/h2-6,10,13,18H,7-9H2,1H3,(H2,24,28)(H,27,29). The molecule has 8 nitrogen and oxygen atoms in total. The largest absolute Gasteiger partial charge is 0.415 e. The zero-order chi connectivity index (χ0) is 22.9. The highest BCUT2D eigenvalue weighted by Crippen LogP contribution is 2.47. The number of rotatable bonds is 5. The van der Waals surface area contributed by atoms with E-state index in [4.69, 9.17) is 10.5 Å². The normalized spacial score (nSPS) is 25.1. The van der Waals surface area contributed by atoms with Gasteiger partial charge in [0, 0.05) is 29.5 Å². The number of amides is 1. The lowest BCUT2D eigenvalue weighted by Gasteiger charge is -2.47. The third kappa shape index (κ3) is 4.37. The van der Waals surface area contributed by atoms with Gasteiger partial charge in [-0.05, 0) is 24.1 Å². The average Bonchev–Trinajstić information content (AvgIpc) is 2.75. The van der Waals surface area contributed by atoms with Crippen molar-refractivity contribution in [2.75, 3.05) is 24.3 Å². The summed E-state index contributed by atoms with van der Waals surface area (Å²) in [7, 11) is 0. The molecule has 2 aliphatic heterocycles. The fraction of sp³-hybridized carbons (Fsp3) is 0.400. The number of amidine groups is 1. The van der Waals surface area contributed by atoms with Gasteiger partial charge in [0.2, 0.25) is 5.88 Å². The van der Waals surface area contributed by atoms with Crippen molar-refractivity contribution in [3.05, 3.63) is 47.7 Å². The Kier molecular flexibility index (Phi) is 6.24. The molecule has 0 spiro atoms. The number of nitrogens with zero attached hydrogens (tertiary/aromatic N) is 3. The van der Waals surface area contributed by atoms with E-state index in [1.165, 1.54) is 30.0 Å². The van der Waals surface area contributed by atoms with E-state index in [0.717, 1.165) is 12.4 Å². The maximum atomic E-state index is 15.0. The Bertz CT molecular complexity index is 1040. The summed E-state index contributed by atoms with van der Waals surface area (Å²) >= 11 is 1.43. The molecule has 3 atom stereocenters. The number of thioether (sulfide) groups is 1. The molecule has 3 heterocycles. The topological polar surface area (TPSA) is 112 Å². The van der Waals surface area contributed by atoms with E-state index in [2.05, 4.69) is 25.0 Å². The summed E-state index contributed by atoms with van der Waals surface area (Å²) in [4.78, 5) is 24.5. The first-order valence-corrected chi connectivity index (χ1v) is 10.7. The number of benzene rings is 1. The molecule has 12 heteroatoms. The van der Waals surface area contributed by atoms with Crippen molar-refractivity contribution < 1.29 is 27.4 Å². The van der Waals surface area contributed by atoms with Crippen LogP contribution in [0.15, 0.2) is 35.6 Å². The van der Waals surface area contributed by atoms with Gasteiger partial charge in [-0.25, -0.2) is 19.4 Å². The van der Waals surface area contributed by atoms with Crippen LogP contribution in [0.5, 0.6) is 5.88 Å². The molecule has 0 radical (unpaired) electrons. The lowest BCUT2D eigenvalue weighted by molar-refractivity contribution is -0.0531. The monoisotopic (exact) mass is 467 g/mol. The van der Waals surface area contributed by atoms with Crippen molar-refractivity contribution in [1.29, 1.82) is 0 Å². The SMILES string of the molecule is CC1COCC2(c3cc(NC(=O)c4cnc(OC(F)F)cn4)ccc3F)N=C(N)SCC12. The maximum absolute atomic E-state index is 15.0. The van der Waals surface area contributed by atoms with Gasteiger partial charge in [0.1, 0.15) is 17.1 Å². The van der Waals surface area contributed by atoms with E-state index in [-0.39, 0.29) is 29.7 Å². The first-order valence-electron chi connectivity index (χ1n) is 9.72. The lowest BCUT2D eigenvalue weighted by atomic mass is 9.72. The predicted octanol–water partition coefficient (Wildman–Crippen LogP) is 3.01. The molecule has 0 saturated carbocycles. The van der Waals surface area contributed by atoms with Crippen molar-refractivity contribution in [3.8, 4) is 5.88 Å². The quantitative estimate of drug-likeness (QED) is 0.695. The highest BCUT2D eigenvalue weighted by atomic mass is 32.2. The number of carbonyl (C=O) groups excluding carboxylic acids is 1. The summed E-state index contributed by atoms with van der Waals surface area (Å²) in [6.07, 6.45) is 1.92. The van der Waals surface area contributed by atoms with E-state index < -0.39 is 29.8 Å². The summed E-state index contributed by atoms with van der Waals surface area (Å²) in [5.74, 6) is -0.732. The van der Waals surface area contributed by atoms with Gasteiger partial charge in [0.25, 0.3) is 5.91 Å². The molecule has 2 aliphatic rings. The summed E-state index contributed by atoms with van der Waals surface area (Å²) in [6.45, 7) is -0.301. The molecule has 1 saturated heterocycles. The smallest absolute Gasteiger partial charge is 0.388 e. The van der Waals surface area contributed by atoms with Crippen LogP contribution in [-0.4, -0.2) is 46.6 Å². The van der Waals surface area contributed by atoms with Crippen LogP contribution < -0.4 is 15.8 Å². The molecule has 1 fully saturated rings. The predicted molar refractivity (Wildman–Crippen MR) is 112 cm³/mol. The number of aromatic nitrogens is 2. The number of nitrogens with one attached hydrogen (secondary N) is 1. The number of carbonyl (C=O) groups is 1. The first kappa shape index (κ1) is 22.3. The van der Waals surface area contributed by atoms with Crippen LogP contribution in [0.1, 0.15) is 23.0 Å². The minimum atomic E-state index is -3.05. The van der Waals surface area contributed by atoms with Gasteiger partial charge in [0.15, 0.2) is 5.17 Å². The first-order chi connectivity index (χ1) is 15.3. The third-order valence-corrected chi connectivity index (χ3v) is 6.40. The minimum Gasteiger partial charge on any atom is -0.415 e. The van der Waals surface area contributed by atoms with Gasteiger partial charge in [-0.15, -0.1) is 0 Å². The molecule has 2 aromatic rings. The van der Waals surface area contributed by atoms with Crippen molar-refractivity contribution in [3.63, 3.8) is 0 Å². The van der Waals surface area contributed by atoms with E-state index in [9.17, 15) is 13.6 Å². The number of fused-ring (bicyclic) bond motifs is 1. The number of hydrogen-bond donors (Lipinski definition) is 2. The fourth-order valence-corrected chi connectivity index (χ4v) is 5.15. The number of ether oxygens (including phenoxy) is 2. The van der Waals surface area contributed by atoms with Crippen LogP contribution in [0.3, 0.4) is 0 Å². The van der Waals surface area contributed by atoms with Crippen molar-refractivity contribution >= 4 is 28.5 Å². The van der Waals surface area contributed by atoms with Gasteiger partial charge >= 0.3 is 6.61 Å². The molecular weight excluding hydrogens is 447 g/mol. The minimum absolute atomic E-state index is 0.00208. The molecule has 1 amide bonds. The second-order valence-corrected chi connectivity index (χ2v) is 8.59. The Morgan fingerprint density at radius 3 is 2.91 bits per heavy atom. The molecule has 1 aromatic carbocycles. The Labute approximate surface area is 185 Å². The zero-order valence-corrected chi connectivity index (χ0v) is 17.7. The van der Waals surface area contributed by atoms with Gasteiger partial charge in [0.05, 0.1) is 19.0 Å². The summed E-state index contributed by atoms with van der Waals surface area (Å²) in [6, 6.07) is 4.16. The van der Waals surface area contributed by atoms with Gasteiger partial charge in [-0.3, -0.25) is 4.79 Å². The van der Waals surface area contributed by atoms with E-state index in [0.29, 0.717) is 23.2 Å². The molecule has 3 N–H and O–H groups in total. The van der Waals surface area contributed by atoms with Crippen LogP contribution in [0.4, 0.5) is 18.9 Å². The molecule has 3 unspecified atom stereocenters. The second-order valence-electron chi connectivity index (χ2n) is 7.55. The van der Waals surface area contributed by atoms with Crippen molar-refractivity contribution in [1.82, 2.24) is 9.97 Å². The molecule has 1 aromatic heterocycles. The Balaban J connectivity index is 1.61. The van der Waals surface area contributed by atoms with E-state index in [1.54, 1.807) is 0 Å². The van der Waals surface area contributed by atoms with Gasteiger partial charge in [-0.1, -0.05) is 18.7 Å². The highest BCUT2D eigenvalue weighted by Gasteiger charge is 2.50. The Morgan fingerprint density at radius 2 is 2.19 bits per heavy atom. The Morgan fingerprint density at radius 1 is 1.38 bits per heavy atom. The molecular formula is C20H20F3N5O3S. The molecule has 0 bridgehead atoms. The second kappa shape index (κ2) is 8.94. The number of aliphatic imine (C=N–C) groups is 1. The van der Waals surface area contributed by atoms with Crippen LogP contribution in [0, 0.1) is 17.7 Å². The summed E-state index contributed by atoms with van der Waals surface area (Å²) in [5.41, 5.74) is 5.45. The van der Waals surface area contributed by atoms with Gasteiger partial charge < -0.3 is 20.5 Å². The average molecular weight is 467 g/mol. The molecule has 32 heavy (non-hydrogen) atoms. The van der Waals surface area contributed by atoms with Crippen molar-refractivity contribution in [2.24, 2.45) is 22.6 Å².